The molecule has 28 heavy (non-hydrogen) atoms. The number of anilines is 1. The van der Waals surface area contributed by atoms with Crippen LogP contribution in [0.25, 0.3) is 0 Å². The van der Waals surface area contributed by atoms with Gasteiger partial charge in [0.15, 0.2) is 0 Å². The molecule has 148 valence electrons. The normalized spacial score (nSPS) is 24.5. The summed E-state index contributed by atoms with van der Waals surface area (Å²) in [4.78, 5) is 16.4. The summed E-state index contributed by atoms with van der Waals surface area (Å²) in [6, 6.07) is 17.8. The Morgan fingerprint density at radius 3 is 2.18 bits per heavy atom. The molecule has 0 radical (unpaired) electrons. The van der Waals surface area contributed by atoms with Gasteiger partial charge in [-0.25, -0.2) is 0 Å². The molecule has 2 aromatic rings. The summed E-state index contributed by atoms with van der Waals surface area (Å²) in [7, 11) is 2.29. The van der Waals surface area contributed by atoms with Gasteiger partial charge < -0.3 is 10.2 Å². The predicted octanol–water partition coefficient (Wildman–Crippen LogP) is 5.78. The lowest BCUT2D eigenvalue weighted by molar-refractivity contribution is 0.102. The summed E-state index contributed by atoms with van der Waals surface area (Å²) < 4.78 is 0. The van der Waals surface area contributed by atoms with Gasteiger partial charge in [0.25, 0.3) is 5.91 Å². The number of fused-ring (bicyclic) bond motifs is 2. The van der Waals surface area contributed by atoms with E-state index < -0.39 is 0 Å². The van der Waals surface area contributed by atoms with Crippen LogP contribution in [0.3, 0.4) is 0 Å². The smallest absolute Gasteiger partial charge is 0.255 e. The molecule has 3 atom stereocenters. The van der Waals surface area contributed by atoms with E-state index in [9.17, 15) is 4.79 Å². The van der Waals surface area contributed by atoms with Gasteiger partial charge in [0.1, 0.15) is 0 Å². The molecule has 2 fully saturated rings. The lowest BCUT2D eigenvalue weighted by atomic mass is 10.0. The molecule has 0 saturated carbocycles. The van der Waals surface area contributed by atoms with Crippen molar-refractivity contribution in [2.45, 2.75) is 67.7 Å². The molecule has 2 aliphatic heterocycles. The van der Waals surface area contributed by atoms with Gasteiger partial charge in [-0.05, 0) is 80.6 Å². The van der Waals surface area contributed by atoms with E-state index in [1.54, 1.807) is 0 Å². The molecule has 2 saturated heterocycles. The van der Waals surface area contributed by atoms with Crippen molar-refractivity contribution in [2.24, 2.45) is 0 Å². The Hall–Kier alpha value is -1.78. The Labute approximate surface area is 172 Å². The first-order chi connectivity index (χ1) is 13.5. The Morgan fingerprint density at radius 2 is 1.61 bits per heavy atom. The number of nitrogens with one attached hydrogen (secondary N) is 1. The first-order valence-corrected chi connectivity index (χ1v) is 11.3. The average molecular weight is 395 g/mol. The van der Waals surface area contributed by atoms with Crippen LogP contribution in [-0.2, 0) is 0 Å². The van der Waals surface area contributed by atoms with Crippen LogP contribution in [0.1, 0.15) is 61.4 Å². The number of piperidine rings is 1. The number of hydrogen-bond acceptors (Lipinski definition) is 3. The molecule has 4 rings (SSSR count). The molecule has 1 amide bonds. The van der Waals surface area contributed by atoms with E-state index in [1.807, 2.05) is 48.2 Å². The van der Waals surface area contributed by atoms with Crippen molar-refractivity contribution in [3.8, 4) is 0 Å². The maximum atomic E-state index is 12.5. The van der Waals surface area contributed by atoms with Crippen molar-refractivity contribution < 1.29 is 4.79 Å². The highest BCUT2D eigenvalue weighted by Crippen LogP contribution is 2.41. The molecule has 4 heteroatoms. The van der Waals surface area contributed by atoms with Gasteiger partial charge in [-0.2, -0.15) is 0 Å². The zero-order valence-electron chi connectivity index (χ0n) is 17.0. The molecule has 2 heterocycles. The van der Waals surface area contributed by atoms with Crippen molar-refractivity contribution in [1.82, 2.24) is 4.90 Å². The minimum atomic E-state index is -0.0531. The first-order valence-electron chi connectivity index (χ1n) is 10.4. The lowest BCUT2D eigenvalue weighted by Gasteiger charge is -2.36. The topological polar surface area (TPSA) is 32.3 Å². The number of rotatable bonds is 5. The molecular formula is C24H30N2OS. The predicted molar refractivity (Wildman–Crippen MR) is 118 cm³/mol. The Bertz CT molecular complexity index is 802. The van der Waals surface area contributed by atoms with Crippen LogP contribution in [0, 0.1) is 0 Å². The molecule has 2 aliphatic rings. The third-order valence-corrected chi connectivity index (χ3v) is 7.57. The molecule has 2 aromatic carbocycles. The Kier molecular flexibility index (Phi) is 5.79. The van der Waals surface area contributed by atoms with Gasteiger partial charge in [0.2, 0.25) is 0 Å². The number of hydrogen-bond donors (Lipinski definition) is 1. The van der Waals surface area contributed by atoms with E-state index in [2.05, 4.69) is 43.2 Å². The van der Waals surface area contributed by atoms with Crippen LogP contribution in [-0.4, -0.2) is 35.2 Å². The fraction of sp³-hybridized carbons (Fsp3) is 0.458. The lowest BCUT2D eigenvalue weighted by Crippen LogP contribution is -2.40. The van der Waals surface area contributed by atoms with Gasteiger partial charge in [-0.3, -0.25) is 4.79 Å². The molecule has 3 nitrogen and oxygen atoms in total. The van der Waals surface area contributed by atoms with E-state index in [1.165, 1.54) is 36.1 Å². The zero-order valence-corrected chi connectivity index (χ0v) is 17.8. The number of carbonyl (C=O) groups excluding carboxylic acids is 1. The molecule has 0 aliphatic carbocycles. The third-order valence-electron chi connectivity index (χ3n) is 6.31. The summed E-state index contributed by atoms with van der Waals surface area (Å²) in [5.41, 5.74) is 2.80. The molecule has 0 aromatic heterocycles. The molecule has 1 N–H and O–H groups in total. The van der Waals surface area contributed by atoms with Crippen molar-refractivity contribution in [3.05, 3.63) is 59.7 Å². The Morgan fingerprint density at radius 1 is 1.00 bits per heavy atom. The maximum absolute atomic E-state index is 12.5. The summed E-state index contributed by atoms with van der Waals surface area (Å²) in [5.74, 6) is 0.421. The Balaban J connectivity index is 1.34. The summed E-state index contributed by atoms with van der Waals surface area (Å²) >= 11 is 2.00. The number of amides is 1. The second kappa shape index (κ2) is 8.30. The van der Waals surface area contributed by atoms with Gasteiger partial charge in [0, 0.05) is 33.5 Å². The van der Waals surface area contributed by atoms with Gasteiger partial charge in [0.05, 0.1) is 0 Å². The van der Waals surface area contributed by atoms with Crippen LogP contribution in [0.4, 0.5) is 5.69 Å². The number of benzene rings is 2. The van der Waals surface area contributed by atoms with Crippen LogP contribution in [0.2, 0.25) is 0 Å². The summed E-state index contributed by atoms with van der Waals surface area (Å²) in [5, 5.41) is 3.73. The van der Waals surface area contributed by atoms with Crippen molar-refractivity contribution >= 4 is 23.4 Å². The third kappa shape index (κ3) is 4.28. The van der Waals surface area contributed by atoms with Gasteiger partial charge in [-0.15, -0.1) is 11.8 Å². The quantitative estimate of drug-likeness (QED) is 0.698. The highest BCUT2D eigenvalue weighted by molar-refractivity contribution is 8.00. The highest BCUT2D eigenvalue weighted by Gasteiger charge is 2.38. The second-order valence-electron chi connectivity index (χ2n) is 8.52. The second-order valence-corrected chi connectivity index (χ2v) is 9.89. The van der Waals surface area contributed by atoms with E-state index in [4.69, 9.17) is 0 Å². The first kappa shape index (κ1) is 19.5. The van der Waals surface area contributed by atoms with Crippen LogP contribution >= 0.6 is 11.8 Å². The van der Waals surface area contributed by atoms with Crippen LogP contribution < -0.4 is 5.32 Å². The SMILES string of the molecule is CC(C)c1ccc(C(=O)Nc2ccc(SC3C[C@H]4CC[C@@H](C3)N4C)cc2)cc1. The number of carbonyl (C=O) groups is 1. The van der Waals surface area contributed by atoms with E-state index >= 15 is 0 Å². The molecule has 2 bridgehead atoms. The van der Waals surface area contributed by atoms with Crippen molar-refractivity contribution in [2.75, 3.05) is 12.4 Å². The average Bonchev–Trinajstić information content (AvgIpc) is 2.90. The zero-order chi connectivity index (χ0) is 19.7. The monoisotopic (exact) mass is 394 g/mol. The number of nitrogens with zero attached hydrogens (tertiary/aromatic N) is 1. The number of thioether (sulfide) groups is 1. The standard InChI is InChI=1S/C24H30N2OS/c1-16(2)17-4-6-18(7-5-17)24(27)25-19-8-12-22(13-9-19)28-23-14-20-10-11-21(15-23)26(20)3/h4-9,12-13,16,20-21,23H,10-11,14-15H2,1-3H3,(H,25,27)/t20-,21+,23?. The maximum Gasteiger partial charge on any atom is 0.255 e. The van der Waals surface area contributed by atoms with E-state index in [0.717, 1.165) is 17.8 Å². The van der Waals surface area contributed by atoms with Crippen LogP contribution in [0.5, 0.6) is 0 Å². The van der Waals surface area contributed by atoms with E-state index in [-0.39, 0.29) is 5.91 Å². The minimum absolute atomic E-state index is 0.0531. The van der Waals surface area contributed by atoms with E-state index in [0.29, 0.717) is 16.7 Å². The van der Waals surface area contributed by atoms with Crippen molar-refractivity contribution in [3.63, 3.8) is 0 Å². The van der Waals surface area contributed by atoms with Crippen molar-refractivity contribution in [1.29, 1.82) is 0 Å². The summed E-state index contributed by atoms with van der Waals surface area (Å²) in [6.07, 6.45) is 5.31. The molecule has 0 spiro atoms. The largest absolute Gasteiger partial charge is 0.322 e. The fourth-order valence-corrected chi connectivity index (χ4v) is 5.80. The summed E-state index contributed by atoms with van der Waals surface area (Å²) in [6.45, 7) is 4.32. The van der Waals surface area contributed by atoms with Gasteiger partial charge in [-0.1, -0.05) is 26.0 Å². The molecule has 1 unspecified atom stereocenters. The molecular weight excluding hydrogens is 364 g/mol. The van der Waals surface area contributed by atoms with Gasteiger partial charge >= 0.3 is 0 Å². The minimum Gasteiger partial charge on any atom is -0.322 e. The highest BCUT2D eigenvalue weighted by atomic mass is 32.2. The fourth-order valence-electron chi connectivity index (χ4n) is 4.49. The van der Waals surface area contributed by atoms with Crippen LogP contribution in [0.15, 0.2) is 53.4 Å².